The van der Waals surface area contributed by atoms with Gasteiger partial charge in [-0.05, 0) is 63.9 Å². The van der Waals surface area contributed by atoms with Crippen molar-refractivity contribution in [3.63, 3.8) is 0 Å². The summed E-state index contributed by atoms with van der Waals surface area (Å²) in [6.07, 6.45) is 2.18. The van der Waals surface area contributed by atoms with Crippen molar-refractivity contribution >= 4 is 0 Å². The van der Waals surface area contributed by atoms with E-state index in [1.54, 1.807) is 7.11 Å². The maximum atomic E-state index is 10.2. The van der Waals surface area contributed by atoms with Gasteiger partial charge in [0.25, 0.3) is 0 Å². The summed E-state index contributed by atoms with van der Waals surface area (Å²) in [5, 5.41) is 13.6. The third kappa shape index (κ3) is 6.30. The Balaban J connectivity index is 1.86. The summed E-state index contributed by atoms with van der Waals surface area (Å²) in [5.41, 5.74) is 1.17. The zero-order valence-corrected chi connectivity index (χ0v) is 15.4. The highest BCUT2D eigenvalue weighted by molar-refractivity contribution is 5.43. The Hall–Kier alpha value is -1.30. The number of benzene rings is 1. The highest BCUT2D eigenvalue weighted by Gasteiger charge is 2.20. The van der Waals surface area contributed by atoms with Crippen molar-refractivity contribution in [3.05, 3.63) is 23.8 Å². The SMILES string of the molecule is COc1ccc(CNCC2CC2)cc1OCC(O)CN(C)C(C)C. The summed E-state index contributed by atoms with van der Waals surface area (Å²) in [5.74, 6) is 2.26. The summed E-state index contributed by atoms with van der Waals surface area (Å²) < 4.78 is 11.2. The van der Waals surface area contributed by atoms with Crippen LogP contribution < -0.4 is 14.8 Å². The Morgan fingerprint density at radius 3 is 2.67 bits per heavy atom. The first-order chi connectivity index (χ1) is 11.5. The minimum atomic E-state index is -0.529. The summed E-state index contributed by atoms with van der Waals surface area (Å²) in [4.78, 5) is 2.10. The smallest absolute Gasteiger partial charge is 0.161 e. The average molecular weight is 336 g/mol. The quantitative estimate of drug-likeness (QED) is 0.649. The molecule has 0 amide bonds. The van der Waals surface area contributed by atoms with E-state index in [9.17, 15) is 5.11 Å². The molecule has 5 heteroatoms. The molecule has 136 valence electrons. The second-order valence-corrected chi connectivity index (χ2v) is 7.06. The van der Waals surface area contributed by atoms with E-state index in [0.717, 1.165) is 19.0 Å². The maximum absolute atomic E-state index is 10.2. The number of rotatable bonds is 11. The van der Waals surface area contributed by atoms with Crippen molar-refractivity contribution in [1.29, 1.82) is 0 Å². The number of aliphatic hydroxyl groups is 1. The van der Waals surface area contributed by atoms with E-state index in [1.165, 1.54) is 18.4 Å². The van der Waals surface area contributed by atoms with Crippen molar-refractivity contribution in [1.82, 2.24) is 10.2 Å². The number of nitrogens with zero attached hydrogens (tertiary/aromatic N) is 1. The van der Waals surface area contributed by atoms with Gasteiger partial charge in [0.15, 0.2) is 11.5 Å². The highest BCUT2D eigenvalue weighted by atomic mass is 16.5. The molecule has 2 rings (SSSR count). The number of methoxy groups -OCH3 is 1. The van der Waals surface area contributed by atoms with Crippen molar-refractivity contribution in [3.8, 4) is 11.5 Å². The fourth-order valence-electron chi connectivity index (χ4n) is 2.47. The van der Waals surface area contributed by atoms with Gasteiger partial charge in [0.1, 0.15) is 12.7 Å². The normalized spacial score (nSPS) is 15.8. The predicted octanol–water partition coefficient (Wildman–Crippen LogP) is 2.27. The first kappa shape index (κ1) is 19.0. The second-order valence-electron chi connectivity index (χ2n) is 7.06. The molecule has 0 heterocycles. The van der Waals surface area contributed by atoms with Gasteiger partial charge in [-0.1, -0.05) is 6.07 Å². The maximum Gasteiger partial charge on any atom is 0.161 e. The molecule has 0 spiro atoms. The van der Waals surface area contributed by atoms with Gasteiger partial charge in [0.05, 0.1) is 7.11 Å². The Morgan fingerprint density at radius 1 is 1.29 bits per heavy atom. The van der Waals surface area contributed by atoms with E-state index in [2.05, 4.69) is 30.1 Å². The summed E-state index contributed by atoms with van der Waals surface area (Å²) in [7, 11) is 3.64. The van der Waals surface area contributed by atoms with E-state index in [1.807, 2.05) is 19.2 Å². The molecular formula is C19H32N2O3. The minimum absolute atomic E-state index is 0.256. The average Bonchev–Trinajstić information content (AvgIpc) is 3.37. The molecule has 1 aromatic carbocycles. The molecule has 0 aromatic heterocycles. The number of nitrogens with one attached hydrogen (secondary N) is 1. The minimum Gasteiger partial charge on any atom is -0.493 e. The van der Waals surface area contributed by atoms with E-state index in [-0.39, 0.29) is 6.61 Å². The van der Waals surface area contributed by atoms with Gasteiger partial charge in [-0.25, -0.2) is 0 Å². The highest BCUT2D eigenvalue weighted by Crippen LogP contribution is 2.29. The Kier molecular flexibility index (Phi) is 7.34. The first-order valence-corrected chi connectivity index (χ1v) is 8.88. The largest absolute Gasteiger partial charge is 0.493 e. The molecule has 1 aliphatic carbocycles. The van der Waals surface area contributed by atoms with Crippen molar-refractivity contribution in [2.24, 2.45) is 5.92 Å². The number of ether oxygens (including phenoxy) is 2. The fourth-order valence-corrected chi connectivity index (χ4v) is 2.47. The summed E-state index contributed by atoms with van der Waals surface area (Å²) in [6, 6.07) is 6.37. The van der Waals surface area contributed by atoms with Gasteiger partial charge < -0.3 is 24.8 Å². The van der Waals surface area contributed by atoms with Crippen LogP contribution in [0, 0.1) is 5.92 Å². The van der Waals surface area contributed by atoms with Crippen LogP contribution in [0.1, 0.15) is 32.3 Å². The van der Waals surface area contributed by atoms with Crippen LogP contribution >= 0.6 is 0 Å². The van der Waals surface area contributed by atoms with Gasteiger partial charge in [-0.2, -0.15) is 0 Å². The van der Waals surface area contributed by atoms with Crippen LogP contribution in [-0.4, -0.2) is 56.0 Å². The van der Waals surface area contributed by atoms with Crippen LogP contribution in [0.3, 0.4) is 0 Å². The topological polar surface area (TPSA) is 54.0 Å². The molecule has 0 radical (unpaired) electrons. The molecule has 24 heavy (non-hydrogen) atoms. The lowest BCUT2D eigenvalue weighted by molar-refractivity contribution is 0.0668. The number of hydrogen-bond acceptors (Lipinski definition) is 5. The lowest BCUT2D eigenvalue weighted by Gasteiger charge is -2.24. The molecular weight excluding hydrogens is 304 g/mol. The van der Waals surface area contributed by atoms with Crippen LogP contribution in [0.25, 0.3) is 0 Å². The van der Waals surface area contributed by atoms with Crippen LogP contribution in [0.5, 0.6) is 11.5 Å². The molecule has 1 unspecified atom stereocenters. The van der Waals surface area contributed by atoms with Crippen LogP contribution in [-0.2, 0) is 6.54 Å². The third-order valence-electron chi connectivity index (χ3n) is 4.50. The van der Waals surface area contributed by atoms with Gasteiger partial charge in [0.2, 0.25) is 0 Å². The molecule has 1 aromatic rings. The van der Waals surface area contributed by atoms with Crippen molar-refractivity contribution < 1.29 is 14.6 Å². The monoisotopic (exact) mass is 336 g/mol. The van der Waals surface area contributed by atoms with Crippen LogP contribution in [0.2, 0.25) is 0 Å². The summed E-state index contributed by atoms with van der Waals surface area (Å²) >= 11 is 0. The molecule has 1 fully saturated rings. The van der Waals surface area contributed by atoms with Gasteiger partial charge >= 0.3 is 0 Å². The van der Waals surface area contributed by atoms with E-state index < -0.39 is 6.10 Å². The lowest BCUT2D eigenvalue weighted by Crippen LogP contribution is -2.37. The van der Waals surface area contributed by atoms with Crippen LogP contribution in [0.4, 0.5) is 0 Å². The van der Waals surface area contributed by atoms with Crippen molar-refractivity contribution in [2.45, 2.75) is 45.4 Å². The molecule has 2 N–H and O–H groups in total. The molecule has 1 aliphatic rings. The number of likely N-dealkylation sites (N-methyl/N-ethyl adjacent to an activating group) is 1. The Bertz CT molecular complexity index is 503. The first-order valence-electron chi connectivity index (χ1n) is 8.88. The molecule has 1 saturated carbocycles. The molecule has 0 saturated heterocycles. The molecule has 0 bridgehead atoms. The van der Waals surface area contributed by atoms with E-state index >= 15 is 0 Å². The van der Waals surface area contributed by atoms with Crippen molar-refractivity contribution in [2.75, 3.05) is 33.9 Å². The van der Waals surface area contributed by atoms with Gasteiger partial charge in [0, 0.05) is 19.1 Å². The van der Waals surface area contributed by atoms with E-state index in [0.29, 0.717) is 24.1 Å². The summed E-state index contributed by atoms with van der Waals surface area (Å²) in [6.45, 7) is 6.97. The molecule has 1 atom stereocenters. The second kappa shape index (κ2) is 9.25. The zero-order chi connectivity index (χ0) is 17.5. The van der Waals surface area contributed by atoms with Crippen LogP contribution in [0.15, 0.2) is 18.2 Å². The zero-order valence-electron chi connectivity index (χ0n) is 15.4. The Labute approximate surface area is 146 Å². The van der Waals surface area contributed by atoms with Gasteiger partial charge in [-0.3, -0.25) is 0 Å². The van der Waals surface area contributed by atoms with E-state index in [4.69, 9.17) is 9.47 Å². The fraction of sp³-hybridized carbons (Fsp3) is 0.684. The Morgan fingerprint density at radius 2 is 2.04 bits per heavy atom. The number of aliphatic hydroxyl groups excluding tert-OH is 1. The number of hydrogen-bond donors (Lipinski definition) is 2. The molecule has 5 nitrogen and oxygen atoms in total. The standard InChI is InChI=1S/C19H32N2O3/c1-14(2)21(3)12-17(22)13-24-19-9-16(7-8-18(19)23-4)11-20-10-15-5-6-15/h7-9,14-15,17,20,22H,5-6,10-13H2,1-4H3. The predicted molar refractivity (Wildman–Crippen MR) is 96.7 cm³/mol. The molecule has 0 aliphatic heterocycles. The third-order valence-corrected chi connectivity index (χ3v) is 4.50. The lowest BCUT2D eigenvalue weighted by atomic mass is 10.2. The van der Waals surface area contributed by atoms with Gasteiger partial charge in [-0.15, -0.1) is 0 Å².